The van der Waals surface area contributed by atoms with Gasteiger partial charge in [0.25, 0.3) is 0 Å². The van der Waals surface area contributed by atoms with Gasteiger partial charge in [-0.3, -0.25) is 4.40 Å². The summed E-state index contributed by atoms with van der Waals surface area (Å²) >= 11 is 0. The highest BCUT2D eigenvalue weighted by Gasteiger charge is 2.27. The predicted octanol–water partition coefficient (Wildman–Crippen LogP) is 2.41. The van der Waals surface area contributed by atoms with Crippen LogP contribution in [0.2, 0.25) is 0 Å². The van der Waals surface area contributed by atoms with Gasteiger partial charge in [-0.2, -0.15) is 0 Å². The molecule has 3 heterocycles. The smallest absolute Gasteiger partial charge is 0.407 e. The largest absolute Gasteiger partial charge is 0.444 e. The normalized spacial score (nSPS) is 17.2. The third kappa shape index (κ3) is 6.44. The molecule has 3 rings (SSSR count). The van der Waals surface area contributed by atoms with E-state index in [4.69, 9.17) is 9.73 Å². The van der Waals surface area contributed by atoms with E-state index in [0.29, 0.717) is 13.1 Å². The van der Waals surface area contributed by atoms with E-state index in [1.54, 1.807) is 0 Å². The molecular weight excluding hydrogens is 485 g/mol. The number of amides is 1. The Morgan fingerprint density at radius 1 is 1.34 bits per heavy atom. The number of carbonyl (C=O) groups is 1. The number of nitrogens with one attached hydrogen (secondary N) is 2. The van der Waals surface area contributed by atoms with E-state index in [1.807, 2.05) is 56.5 Å². The number of hydrogen-bond acceptors (Lipinski definition) is 5. The van der Waals surface area contributed by atoms with Crippen LogP contribution >= 0.6 is 24.0 Å². The third-order valence-corrected chi connectivity index (χ3v) is 4.30. The number of guanidine groups is 1. The summed E-state index contributed by atoms with van der Waals surface area (Å²) in [4.78, 5) is 18.9. The third-order valence-electron chi connectivity index (χ3n) is 4.30. The maximum atomic E-state index is 12.0. The summed E-state index contributed by atoms with van der Waals surface area (Å²) < 4.78 is 7.28. The molecule has 2 aromatic heterocycles. The molecule has 1 atom stereocenters. The second-order valence-electron chi connectivity index (χ2n) is 7.79. The van der Waals surface area contributed by atoms with Crippen LogP contribution in [0.3, 0.4) is 0 Å². The molecule has 0 aromatic carbocycles. The van der Waals surface area contributed by atoms with Crippen LogP contribution in [0.15, 0.2) is 29.4 Å². The van der Waals surface area contributed by atoms with E-state index >= 15 is 0 Å². The SMILES string of the molecule is CCNC(=NCc1nnc2ccccn12)N1CCC(NC(=O)OC(C)(C)C)C1.I. The zero-order valence-corrected chi connectivity index (χ0v) is 19.7. The number of hydrogen-bond donors (Lipinski definition) is 2. The minimum atomic E-state index is -0.500. The number of halogens is 1. The molecule has 2 N–H and O–H groups in total. The van der Waals surface area contributed by atoms with Gasteiger partial charge in [0.05, 0.1) is 6.04 Å². The Bertz CT molecular complexity index is 846. The van der Waals surface area contributed by atoms with Crippen molar-refractivity contribution in [1.29, 1.82) is 0 Å². The summed E-state index contributed by atoms with van der Waals surface area (Å²) in [6, 6.07) is 5.83. The van der Waals surface area contributed by atoms with Gasteiger partial charge in [-0.1, -0.05) is 6.07 Å². The molecule has 1 aliphatic rings. The molecule has 10 heteroatoms. The number of ether oxygens (including phenoxy) is 1. The standard InChI is InChI=1S/C19H29N7O2.HI/c1-5-20-17(21-12-16-24-23-15-8-6-7-10-26(15)16)25-11-9-14(13-25)22-18(27)28-19(2,3)4;/h6-8,10,14H,5,9,11-13H2,1-4H3,(H,20,21)(H,22,27);1H. The minimum Gasteiger partial charge on any atom is -0.444 e. The summed E-state index contributed by atoms with van der Waals surface area (Å²) in [5, 5.41) is 14.7. The van der Waals surface area contributed by atoms with Gasteiger partial charge in [0.2, 0.25) is 0 Å². The fourth-order valence-electron chi connectivity index (χ4n) is 3.11. The summed E-state index contributed by atoms with van der Waals surface area (Å²) in [6.07, 6.45) is 2.40. The van der Waals surface area contributed by atoms with Gasteiger partial charge in [-0.15, -0.1) is 34.2 Å². The van der Waals surface area contributed by atoms with Crippen LogP contribution < -0.4 is 10.6 Å². The van der Waals surface area contributed by atoms with Crippen LogP contribution in [-0.2, 0) is 11.3 Å². The molecule has 0 saturated carbocycles. The highest BCUT2D eigenvalue weighted by Crippen LogP contribution is 2.13. The van der Waals surface area contributed by atoms with E-state index in [0.717, 1.165) is 36.9 Å². The second-order valence-corrected chi connectivity index (χ2v) is 7.79. The molecule has 1 unspecified atom stereocenters. The molecule has 1 saturated heterocycles. The Morgan fingerprint density at radius 2 is 2.14 bits per heavy atom. The van der Waals surface area contributed by atoms with Crippen molar-refractivity contribution >= 4 is 41.7 Å². The first-order valence-corrected chi connectivity index (χ1v) is 9.67. The maximum absolute atomic E-state index is 12.0. The summed E-state index contributed by atoms with van der Waals surface area (Å²) in [7, 11) is 0. The van der Waals surface area contributed by atoms with E-state index in [2.05, 4.69) is 25.7 Å². The number of fused-ring (bicyclic) bond motifs is 1. The number of aliphatic imine (C=N–C) groups is 1. The van der Waals surface area contributed by atoms with E-state index in [9.17, 15) is 4.79 Å². The summed E-state index contributed by atoms with van der Waals surface area (Å²) in [5.41, 5.74) is 0.306. The first-order chi connectivity index (χ1) is 13.4. The summed E-state index contributed by atoms with van der Waals surface area (Å²) in [6.45, 7) is 10.3. The lowest BCUT2D eigenvalue weighted by molar-refractivity contribution is 0.0507. The van der Waals surface area contributed by atoms with Crippen LogP contribution in [0.1, 0.15) is 39.9 Å². The molecular formula is C19H30IN7O2. The number of alkyl carbamates (subject to hydrolysis) is 1. The average molecular weight is 515 g/mol. The monoisotopic (exact) mass is 515 g/mol. The van der Waals surface area contributed by atoms with Gasteiger partial charge in [-0.05, 0) is 46.2 Å². The molecule has 0 bridgehead atoms. The number of nitrogens with zero attached hydrogens (tertiary/aromatic N) is 5. The van der Waals surface area contributed by atoms with Crippen molar-refractivity contribution in [2.24, 2.45) is 4.99 Å². The molecule has 0 spiro atoms. The Morgan fingerprint density at radius 3 is 2.86 bits per heavy atom. The van der Waals surface area contributed by atoms with Crippen LogP contribution in [-0.4, -0.2) is 62.8 Å². The van der Waals surface area contributed by atoms with Gasteiger partial charge < -0.3 is 20.3 Å². The van der Waals surface area contributed by atoms with Crippen LogP contribution in [0.4, 0.5) is 4.79 Å². The molecule has 1 amide bonds. The highest BCUT2D eigenvalue weighted by molar-refractivity contribution is 14.0. The second kappa shape index (κ2) is 10.1. The molecule has 1 aliphatic heterocycles. The maximum Gasteiger partial charge on any atom is 0.407 e. The number of rotatable bonds is 4. The van der Waals surface area contributed by atoms with Crippen molar-refractivity contribution in [2.45, 2.75) is 52.3 Å². The molecule has 0 radical (unpaired) electrons. The lowest BCUT2D eigenvalue weighted by Crippen LogP contribution is -2.44. The molecule has 29 heavy (non-hydrogen) atoms. The van der Waals surface area contributed by atoms with Gasteiger partial charge in [0.1, 0.15) is 12.1 Å². The van der Waals surface area contributed by atoms with E-state index < -0.39 is 5.60 Å². The lowest BCUT2D eigenvalue weighted by Gasteiger charge is -2.23. The Kier molecular flexibility index (Phi) is 8.05. The van der Waals surface area contributed by atoms with Crippen molar-refractivity contribution in [1.82, 2.24) is 30.1 Å². The number of carbonyl (C=O) groups excluding carboxylic acids is 1. The minimum absolute atomic E-state index is 0. The van der Waals surface area contributed by atoms with Crippen molar-refractivity contribution in [3.05, 3.63) is 30.2 Å². The van der Waals surface area contributed by atoms with Gasteiger partial charge >= 0.3 is 6.09 Å². The zero-order chi connectivity index (χ0) is 20.1. The average Bonchev–Trinajstić information content (AvgIpc) is 3.24. The van der Waals surface area contributed by atoms with Gasteiger partial charge in [0, 0.05) is 25.8 Å². The van der Waals surface area contributed by atoms with Crippen molar-refractivity contribution in [3.8, 4) is 0 Å². The molecule has 0 aliphatic carbocycles. The van der Waals surface area contributed by atoms with Crippen molar-refractivity contribution in [3.63, 3.8) is 0 Å². The van der Waals surface area contributed by atoms with E-state index in [1.165, 1.54) is 0 Å². The Hall–Kier alpha value is -2.11. The zero-order valence-electron chi connectivity index (χ0n) is 17.4. The Labute approximate surface area is 188 Å². The lowest BCUT2D eigenvalue weighted by atomic mass is 10.2. The first kappa shape index (κ1) is 23.2. The van der Waals surface area contributed by atoms with Crippen LogP contribution in [0.25, 0.3) is 5.65 Å². The predicted molar refractivity (Wildman–Crippen MR) is 123 cm³/mol. The first-order valence-electron chi connectivity index (χ1n) is 9.67. The molecule has 1 fully saturated rings. The number of aromatic nitrogens is 3. The highest BCUT2D eigenvalue weighted by atomic mass is 127. The summed E-state index contributed by atoms with van der Waals surface area (Å²) in [5.74, 6) is 1.59. The van der Waals surface area contributed by atoms with Crippen molar-refractivity contribution < 1.29 is 9.53 Å². The quantitative estimate of drug-likeness (QED) is 0.369. The van der Waals surface area contributed by atoms with Crippen LogP contribution in [0, 0.1) is 0 Å². The molecule has 9 nitrogen and oxygen atoms in total. The van der Waals surface area contributed by atoms with E-state index in [-0.39, 0.29) is 36.1 Å². The Balaban J connectivity index is 0.00000300. The number of likely N-dealkylation sites (tertiary alicyclic amines) is 1. The van der Waals surface area contributed by atoms with Crippen LogP contribution in [0.5, 0.6) is 0 Å². The molecule has 2 aromatic rings. The van der Waals surface area contributed by atoms with Gasteiger partial charge in [-0.25, -0.2) is 9.79 Å². The number of pyridine rings is 1. The van der Waals surface area contributed by atoms with Gasteiger partial charge in [0.15, 0.2) is 17.4 Å². The topological polar surface area (TPSA) is 96.1 Å². The fraction of sp³-hybridized carbons (Fsp3) is 0.579. The van der Waals surface area contributed by atoms with Crippen molar-refractivity contribution in [2.75, 3.05) is 19.6 Å². The molecule has 160 valence electrons. The fourth-order valence-corrected chi connectivity index (χ4v) is 3.11.